The molecule has 0 saturated carbocycles. The van der Waals surface area contributed by atoms with Crippen molar-refractivity contribution in [3.8, 4) is 0 Å². The van der Waals surface area contributed by atoms with Gasteiger partial charge in [0.1, 0.15) is 6.04 Å². The second kappa shape index (κ2) is 6.78. The summed E-state index contributed by atoms with van der Waals surface area (Å²) in [5.74, 6) is 1.25. The van der Waals surface area contributed by atoms with E-state index < -0.39 is 6.04 Å². The molecule has 0 bridgehead atoms. The van der Waals surface area contributed by atoms with Crippen molar-refractivity contribution < 1.29 is 9.59 Å². The van der Waals surface area contributed by atoms with Gasteiger partial charge in [0.2, 0.25) is 11.8 Å². The largest absolute Gasteiger partial charge is 0.352 e. The van der Waals surface area contributed by atoms with Gasteiger partial charge in [-0.05, 0) is 19.9 Å². The third-order valence-electron chi connectivity index (χ3n) is 3.14. The lowest BCUT2D eigenvalue weighted by Crippen LogP contribution is -2.47. The molecule has 20 heavy (non-hydrogen) atoms. The standard InChI is InChI=1S/C13H20N4O2S/c1-9-7-10(2)17(16-9)5-4-14-13(19)11-8-20-6-3-12(18)15-11/h7,11H,3-6,8H2,1-2H3,(H,14,19)(H,15,18). The molecule has 1 fully saturated rings. The number of hydrogen-bond donors (Lipinski definition) is 2. The molecule has 1 aromatic heterocycles. The monoisotopic (exact) mass is 296 g/mol. The SMILES string of the molecule is Cc1cc(C)n(CCNC(=O)C2CSCCC(=O)N2)n1. The van der Waals surface area contributed by atoms with Gasteiger partial charge in [-0.3, -0.25) is 14.3 Å². The lowest BCUT2D eigenvalue weighted by molar-refractivity contribution is -0.128. The van der Waals surface area contributed by atoms with Crippen molar-refractivity contribution in [1.82, 2.24) is 20.4 Å². The van der Waals surface area contributed by atoms with Crippen LogP contribution in [0.3, 0.4) is 0 Å². The zero-order valence-electron chi connectivity index (χ0n) is 11.8. The van der Waals surface area contributed by atoms with Gasteiger partial charge in [0.25, 0.3) is 0 Å². The summed E-state index contributed by atoms with van der Waals surface area (Å²) in [7, 11) is 0. The molecule has 6 nitrogen and oxygen atoms in total. The van der Waals surface area contributed by atoms with Gasteiger partial charge in [-0.15, -0.1) is 0 Å². The minimum atomic E-state index is -0.421. The molecule has 2 heterocycles. The second-order valence-corrected chi connectivity index (χ2v) is 6.04. The number of carbonyl (C=O) groups excluding carboxylic acids is 2. The first-order chi connectivity index (χ1) is 9.56. The second-order valence-electron chi connectivity index (χ2n) is 4.89. The molecule has 1 aliphatic rings. The van der Waals surface area contributed by atoms with Crippen molar-refractivity contribution in [2.45, 2.75) is 32.9 Å². The number of carbonyl (C=O) groups is 2. The molecule has 1 aromatic rings. The van der Waals surface area contributed by atoms with Crippen molar-refractivity contribution in [2.24, 2.45) is 0 Å². The number of hydrogen-bond acceptors (Lipinski definition) is 4. The Morgan fingerprint density at radius 1 is 1.60 bits per heavy atom. The molecule has 2 amide bonds. The van der Waals surface area contributed by atoms with E-state index in [2.05, 4.69) is 15.7 Å². The average molecular weight is 296 g/mol. The Hall–Kier alpha value is -1.50. The maximum absolute atomic E-state index is 12.0. The first kappa shape index (κ1) is 14.9. The fourth-order valence-electron chi connectivity index (χ4n) is 2.12. The Balaban J connectivity index is 1.79. The molecule has 2 rings (SSSR count). The Kier molecular flexibility index (Phi) is 5.05. The fourth-order valence-corrected chi connectivity index (χ4v) is 3.09. The van der Waals surface area contributed by atoms with Gasteiger partial charge in [0.15, 0.2) is 0 Å². The van der Waals surface area contributed by atoms with E-state index in [0.29, 0.717) is 25.3 Å². The molecule has 110 valence electrons. The molecular formula is C13H20N4O2S. The van der Waals surface area contributed by atoms with Crippen LogP contribution in [0, 0.1) is 13.8 Å². The highest BCUT2D eigenvalue weighted by Crippen LogP contribution is 2.09. The molecule has 7 heteroatoms. The van der Waals surface area contributed by atoms with Crippen LogP contribution in [-0.4, -0.2) is 45.7 Å². The summed E-state index contributed by atoms with van der Waals surface area (Å²) in [6.07, 6.45) is 0.486. The minimum Gasteiger partial charge on any atom is -0.352 e. The van der Waals surface area contributed by atoms with Crippen LogP contribution in [0.25, 0.3) is 0 Å². The zero-order valence-corrected chi connectivity index (χ0v) is 12.6. The molecule has 1 aliphatic heterocycles. The lowest BCUT2D eigenvalue weighted by atomic mass is 10.3. The number of rotatable bonds is 4. The van der Waals surface area contributed by atoms with Crippen molar-refractivity contribution in [1.29, 1.82) is 0 Å². The van der Waals surface area contributed by atoms with E-state index in [4.69, 9.17) is 0 Å². The summed E-state index contributed by atoms with van der Waals surface area (Å²) < 4.78 is 1.87. The van der Waals surface area contributed by atoms with Crippen LogP contribution >= 0.6 is 11.8 Å². The summed E-state index contributed by atoms with van der Waals surface area (Å²) in [5.41, 5.74) is 2.05. The highest BCUT2D eigenvalue weighted by atomic mass is 32.2. The van der Waals surface area contributed by atoms with E-state index >= 15 is 0 Å². The molecule has 1 unspecified atom stereocenters. The molecule has 1 atom stereocenters. The highest BCUT2D eigenvalue weighted by molar-refractivity contribution is 7.99. The maximum atomic E-state index is 12.0. The van der Waals surface area contributed by atoms with Crippen molar-refractivity contribution in [3.05, 3.63) is 17.5 Å². The predicted molar refractivity (Wildman–Crippen MR) is 78.6 cm³/mol. The summed E-state index contributed by atoms with van der Waals surface area (Å²) in [6.45, 7) is 5.08. The van der Waals surface area contributed by atoms with Crippen LogP contribution in [0.4, 0.5) is 0 Å². The lowest BCUT2D eigenvalue weighted by Gasteiger charge is -2.15. The Labute approximate surface area is 122 Å². The van der Waals surface area contributed by atoms with Crippen molar-refractivity contribution in [2.75, 3.05) is 18.1 Å². The Morgan fingerprint density at radius 2 is 2.40 bits per heavy atom. The van der Waals surface area contributed by atoms with E-state index in [0.717, 1.165) is 17.1 Å². The summed E-state index contributed by atoms with van der Waals surface area (Å²) in [4.78, 5) is 23.4. The van der Waals surface area contributed by atoms with Crippen LogP contribution in [0.2, 0.25) is 0 Å². The van der Waals surface area contributed by atoms with Crippen LogP contribution < -0.4 is 10.6 Å². The van der Waals surface area contributed by atoms with Crippen LogP contribution in [-0.2, 0) is 16.1 Å². The minimum absolute atomic E-state index is 0.0475. The normalized spacial score (nSPS) is 19.3. The van der Waals surface area contributed by atoms with E-state index in [-0.39, 0.29) is 11.8 Å². The van der Waals surface area contributed by atoms with Gasteiger partial charge in [-0.2, -0.15) is 16.9 Å². The number of nitrogens with one attached hydrogen (secondary N) is 2. The Morgan fingerprint density at radius 3 is 3.10 bits per heavy atom. The summed E-state index contributed by atoms with van der Waals surface area (Å²) >= 11 is 1.63. The number of aromatic nitrogens is 2. The van der Waals surface area contributed by atoms with Gasteiger partial charge in [0.05, 0.1) is 12.2 Å². The van der Waals surface area contributed by atoms with Gasteiger partial charge in [0, 0.05) is 30.2 Å². The van der Waals surface area contributed by atoms with Gasteiger partial charge < -0.3 is 10.6 Å². The summed E-state index contributed by atoms with van der Waals surface area (Å²) in [5, 5.41) is 9.94. The maximum Gasteiger partial charge on any atom is 0.243 e. The van der Waals surface area contributed by atoms with Crippen LogP contribution in [0.5, 0.6) is 0 Å². The average Bonchev–Trinajstić information content (AvgIpc) is 2.60. The van der Waals surface area contributed by atoms with Gasteiger partial charge >= 0.3 is 0 Å². The number of thioether (sulfide) groups is 1. The van der Waals surface area contributed by atoms with Crippen LogP contribution in [0.1, 0.15) is 17.8 Å². The van der Waals surface area contributed by atoms with Gasteiger partial charge in [-0.25, -0.2) is 0 Å². The molecule has 2 N–H and O–H groups in total. The molecule has 0 spiro atoms. The van der Waals surface area contributed by atoms with Crippen molar-refractivity contribution >= 4 is 23.6 Å². The first-order valence-electron chi connectivity index (χ1n) is 6.72. The van der Waals surface area contributed by atoms with Gasteiger partial charge in [-0.1, -0.05) is 0 Å². The van der Waals surface area contributed by atoms with E-state index in [1.54, 1.807) is 11.8 Å². The molecule has 1 saturated heterocycles. The van der Waals surface area contributed by atoms with Crippen LogP contribution in [0.15, 0.2) is 6.07 Å². The molecule has 0 radical (unpaired) electrons. The first-order valence-corrected chi connectivity index (χ1v) is 7.87. The van der Waals surface area contributed by atoms with E-state index in [9.17, 15) is 9.59 Å². The molecule has 0 aliphatic carbocycles. The Bertz CT molecular complexity index is 501. The third kappa shape index (κ3) is 4.00. The topological polar surface area (TPSA) is 76.0 Å². The fraction of sp³-hybridized carbons (Fsp3) is 0.615. The van der Waals surface area contributed by atoms with Crippen molar-refractivity contribution in [3.63, 3.8) is 0 Å². The number of aryl methyl sites for hydroxylation is 2. The zero-order chi connectivity index (χ0) is 14.5. The quantitative estimate of drug-likeness (QED) is 0.834. The summed E-state index contributed by atoms with van der Waals surface area (Å²) in [6, 6.07) is 1.58. The molecular weight excluding hydrogens is 276 g/mol. The highest BCUT2D eigenvalue weighted by Gasteiger charge is 2.22. The van der Waals surface area contributed by atoms with E-state index in [1.165, 1.54) is 0 Å². The third-order valence-corrected chi connectivity index (χ3v) is 4.20. The van der Waals surface area contributed by atoms with E-state index in [1.807, 2.05) is 24.6 Å². The smallest absolute Gasteiger partial charge is 0.243 e. The predicted octanol–water partition coefficient (Wildman–Crippen LogP) is 0.238. The number of nitrogens with zero attached hydrogens (tertiary/aromatic N) is 2. The number of amides is 2. The molecule has 0 aromatic carbocycles.